The van der Waals surface area contributed by atoms with Crippen molar-refractivity contribution in [3.8, 4) is 0 Å². The summed E-state index contributed by atoms with van der Waals surface area (Å²) in [6.45, 7) is 6.45. The number of carbonyl (C=O) groups is 1. The largest absolute Gasteiger partial charge is 0.460 e. The van der Waals surface area contributed by atoms with Crippen molar-refractivity contribution < 1.29 is 9.53 Å². The zero-order valence-corrected chi connectivity index (χ0v) is 9.93. The van der Waals surface area contributed by atoms with Crippen LogP contribution in [0.15, 0.2) is 0 Å². The molecule has 0 aliphatic carbocycles. The van der Waals surface area contributed by atoms with Crippen LogP contribution in [0.3, 0.4) is 0 Å². The molecule has 1 aliphatic heterocycles. The second-order valence-corrected chi connectivity index (χ2v) is 4.37. The lowest BCUT2D eigenvalue weighted by Crippen LogP contribution is -2.14. The first kappa shape index (κ1) is 11.1. The van der Waals surface area contributed by atoms with Gasteiger partial charge in [0.1, 0.15) is 5.82 Å². The van der Waals surface area contributed by atoms with Gasteiger partial charge in [-0.25, -0.2) is 14.5 Å². The number of nitrogens with zero attached hydrogens (tertiary/aromatic N) is 3. The molecule has 2 heterocycles. The summed E-state index contributed by atoms with van der Waals surface area (Å²) < 4.78 is 6.77. The number of esters is 1. The van der Waals surface area contributed by atoms with E-state index in [2.05, 4.69) is 23.9 Å². The maximum absolute atomic E-state index is 11.5. The van der Waals surface area contributed by atoms with Gasteiger partial charge in [0.05, 0.1) is 12.6 Å². The van der Waals surface area contributed by atoms with Crippen LogP contribution in [0.2, 0.25) is 0 Å². The molecule has 1 aromatic rings. The topological polar surface area (TPSA) is 57.0 Å². The van der Waals surface area contributed by atoms with Gasteiger partial charge in [0, 0.05) is 6.42 Å². The van der Waals surface area contributed by atoms with Gasteiger partial charge < -0.3 is 4.74 Å². The zero-order valence-electron chi connectivity index (χ0n) is 9.93. The standard InChI is InChI=1S/C11H17N3O2/c1-4-16-11(15)10-12-9-6-5-8(7(2)3)14(9)13-10/h7-8H,4-6H2,1-3H3. The number of ether oxygens (including phenoxy) is 1. The third kappa shape index (κ3) is 1.81. The lowest BCUT2D eigenvalue weighted by Gasteiger charge is -2.14. The highest BCUT2D eigenvalue weighted by Gasteiger charge is 2.29. The normalized spacial score (nSPS) is 18.9. The third-order valence-corrected chi connectivity index (χ3v) is 2.91. The first-order valence-electron chi connectivity index (χ1n) is 5.76. The van der Waals surface area contributed by atoms with Crippen LogP contribution in [0, 0.1) is 5.92 Å². The van der Waals surface area contributed by atoms with Gasteiger partial charge in [-0.1, -0.05) is 13.8 Å². The molecule has 1 unspecified atom stereocenters. The Bertz CT molecular complexity index is 398. The van der Waals surface area contributed by atoms with Gasteiger partial charge >= 0.3 is 5.97 Å². The smallest absolute Gasteiger partial charge is 0.378 e. The minimum atomic E-state index is -0.424. The predicted octanol–water partition coefficient (Wildman–Crippen LogP) is 1.60. The van der Waals surface area contributed by atoms with E-state index in [1.807, 2.05) is 4.68 Å². The van der Waals surface area contributed by atoms with E-state index in [1.165, 1.54) is 0 Å². The van der Waals surface area contributed by atoms with E-state index < -0.39 is 5.97 Å². The molecule has 0 fully saturated rings. The molecule has 0 saturated carbocycles. The highest BCUT2D eigenvalue weighted by atomic mass is 16.5. The van der Waals surface area contributed by atoms with Crippen molar-refractivity contribution in [1.82, 2.24) is 14.8 Å². The summed E-state index contributed by atoms with van der Waals surface area (Å²) in [5, 5.41) is 4.24. The molecule has 0 saturated heterocycles. The molecule has 0 radical (unpaired) electrons. The molecule has 1 atom stereocenters. The lowest BCUT2D eigenvalue weighted by atomic mass is 10.0. The Hall–Kier alpha value is -1.39. The highest BCUT2D eigenvalue weighted by molar-refractivity contribution is 5.85. The van der Waals surface area contributed by atoms with Crippen molar-refractivity contribution in [3.05, 3.63) is 11.6 Å². The monoisotopic (exact) mass is 223 g/mol. The molecular weight excluding hydrogens is 206 g/mol. The van der Waals surface area contributed by atoms with Crippen LogP contribution in [0.5, 0.6) is 0 Å². The Balaban J connectivity index is 2.22. The van der Waals surface area contributed by atoms with Gasteiger partial charge in [-0.2, -0.15) is 0 Å². The maximum atomic E-state index is 11.5. The van der Waals surface area contributed by atoms with Crippen molar-refractivity contribution in [1.29, 1.82) is 0 Å². The molecule has 0 N–H and O–H groups in total. The van der Waals surface area contributed by atoms with E-state index in [1.54, 1.807) is 6.92 Å². The van der Waals surface area contributed by atoms with Gasteiger partial charge in [-0.05, 0) is 19.3 Å². The SMILES string of the molecule is CCOC(=O)c1nc2n(n1)C(C(C)C)CC2. The first-order chi connectivity index (χ1) is 7.63. The summed E-state index contributed by atoms with van der Waals surface area (Å²) in [4.78, 5) is 15.7. The second kappa shape index (κ2) is 4.23. The number of fused-ring (bicyclic) bond motifs is 1. The number of aromatic nitrogens is 3. The number of rotatable bonds is 3. The van der Waals surface area contributed by atoms with Crippen LogP contribution in [-0.2, 0) is 11.2 Å². The van der Waals surface area contributed by atoms with E-state index in [0.717, 1.165) is 18.7 Å². The molecule has 0 spiro atoms. The molecule has 5 heteroatoms. The van der Waals surface area contributed by atoms with E-state index in [-0.39, 0.29) is 5.82 Å². The fourth-order valence-electron chi connectivity index (χ4n) is 2.09. The molecular formula is C11H17N3O2. The Kier molecular flexibility index (Phi) is 2.94. The van der Waals surface area contributed by atoms with E-state index in [9.17, 15) is 4.79 Å². The molecule has 88 valence electrons. The van der Waals surface area contributed by atoms with Crippen LogP contribution in [0.1, 0.15) is 49.7 Å². The van der Waals surface area contributed by atoms with Crippen LogP contribution in [-0.4, -0.2) is 27.3 Å². The predicted molar refractivity (Wildman–Crippen MR) is 58.2 cm³/mol. The molecule has 5 nitrogen and oxygen atoms in total. The summed E-state index contributed by atoms with van der Waals surface area (Å²) in [7, 11) is 0. The van der Waals surface area contributed by atoms with Gasteiger partial charge in [0.2, 0.25) is 0 Å². The summed E-state index contributed by atoms with van der Waals surface area (Å²) in [5.41, 5.74) is 0. The fourth-order valence-corrected chi connectivity index (χ4v) is 2.09. The van der Waals surface area contributed by atoms with Crippen LogP contribution < -0.4 is 0 Å². The Morgan fingerprint density at radius 3 is 3.00 bits per heavy atom. The van der Waals surface area contributed by atoms with Gasteiger partial charge in [0.25, 0.3) is 5.82 Å². The minimum absolute atomic E-state index is 0.196. The molecule has 0 aromatic carbocycles. The Morgan fingerprint density at radius 2 is 2.38 bits per heavy atom. The quantitative estimate of drug-likeness (QED) is 0.730. The zero-order chi connectivity index (χ0) is 11.7. The van der Waals surface area contributed by atoms with Gasteiger partial charge in [-0.15, -0.1) is 5.10 Å². The minimum Gasteiger partial charge on any atom is -0.460 e. The van der Waals surface area contributed by atoms with E-state index in [4.69, 9.17) is 4.74 Å². The number of carbonyl (C=O) groups excluding carboxylic acids is 1. The van der Waals surface area contributed by atoms with Gasteiger partial charge in [-0.3, -0.25) is 0 Å². The number of hydrogen-bond acceptors (Lipinski definition) is 4. The fraction of sp³-hybridized carbons (Fsp3) is 0.727. The third-order valence-electron chi connectivity index (χ3n) is 2.91. The second-order valence-electron chi connectivity index (χ2n) is 4.37. The molecule has 0 bridgehead atoms. The van der Waals surface area contributed by atoms with Gasteiger partial charge in [0.15, 0.2) is 0 Å². The first-order valence-corrected chi connectivity index (χ1v) is 5.76. The average molecular weight is 223 g/mol. The Labute approximate surface area is 94.8 Å². The number of aryl methyl sites for hydroxylation is 1. The van der Waals surface area contributed by atoms with Crippen molar-refractivity contribution in [2.75, 3.05) is 6.61 Å². The Morgan fingerprint density at radius 1 is 1.62 bits per heavy atom. The maximum Gasteiger partial charge on any atom is 0.378 e. The average Bonchev–Trinajstić information content (AvgIpc) is 2.74. The molecule has 2 rings (SSSR count). The van der Waals surface area contributed by atoms with Crippen LogP contribution >= 0.6 is 0 Å². The highest BCUT2D eigenvalue weighted by Crippen LogP contribution is 2.29. The van der Waals surface area contributed by atoms with Crippen LogP contribution in [0.4, 0.5) is 0 Å². The van der Waals surface area contributed by atoms with E-state index >= 15 is 0 Å². The molecule has 1 aliphatic rings. The van der Waals surface area contributed by atoms with Crippen LogP contribution in [0.25, 0.3) is 0 Å². The summed E-state index contributed by atoms with van der Waals surface area (Å²) in [6.07, 6.45) is 1.96. The summed E-state index contributed by atoms with van der Waals surface area (Å²) >= 11 is 0. The van der Waals surface area contributed by atoms with Crippen molar-refractivity contribution in [2.45, 2.75) is 39.7 Å². The number of hydrogen-bond donors (Lipinski definition) is 0. The molecule has 0 amide bonds. The molecule has 16 heavy (non-hydrogen) atoms. The van der Waals surface area contributed by atoms with E-state index in [0.29, 0.717) is 18.6 Å². The van der Waals surface area contributed by atoms with Crippen molar-refractivity contribution >= 4 is 5.97 Å². The summed E-state index contributed by atoms with van der Waals surface area (Å²) in [5.74, 6) is 1.19. The van der Waals surface area contributed by atoms with Crippen molar-refractivity contribution in [2.24, 2.45) is 5.92 Å². The molecule has 1 aromatic heterocycles. The lowest BCUT2D eigenvalue weighted by molar-refractivity contribution is 0.0511. The summed E-state index contributed by atoms with van der Waals surface area (Å²) in [6, 6.07) is 0.366. The van der Waals surface area contributed by atoms with Crippen molar-refractivity contribution in [3.63, 3.8) is 0 Å².